The molecule has 2 rings (SSSR count). The Morgan fingerprint density at radius 3 is 2.71 bits per heavy atom. The number of halogens is 3. The summed E-state index contributed by atoms with van der Waals surface area (Å²) in [5.41, 5.74) is 1.88. The highest BCUT2D eigenvalue weighted by atomic mass is 79.9. The second-order valence-corrected chi connectivity index (χ2v) is 5.96. The molecule has 2 aromatic rings. The maximum Gasteiger partial charge on any atom is 0.125 e. The van der Waals surface area contributed by atoms with Crippen molar-refractivity contribution in [1.29, 1.82) is 0 Å². The van der Waals surface area contributed by atoms with E-state index in [0.717, 1.165) is 21.3 Å². The first-order valence-corrected chi connectivity index (χ1v) is 7.67. The molecule has 2 nitrogen and oxygen atoms in total. The van der Waals surface area contributed by atoms with Gasteiger partial charge in [0.25, 0.3) is 0 Å². The number of likely N-dealkylation sites (N-methyl/N-ethyl adjacent to an activating group) is 1. The lowest BCUT2D eigenvalue weighted by molar-refractivity contribution is 0.401. The highest BCUT2D eigenvalue weighted by Crippen LogP contribution is 2.31. The topological polar surface area (TPSA) is 21.3 Å². The van der Waals surface area contributed by atoms with Crippen molar-refractivity contribution >= 4 is 27.5 Å². The van der Waals surface area contributed by atoms with Gasteiger partial charge in [-0.2, -0.15) is 0 Å². The van der Waals surface area contributed by atoms with Crippen LogP contribution in [0.3, 0.4) is 0 Å². The fraction of sp³-hybridized carbons (Fsp3) is 0.250. The minimum atomic E-state index is -0.244. The number of ether oxygens (including phenoxy) is 1. The molecule has 0 saturated carbocycles. The average molecular weight is 373 g/mol. The van der Waals surface area contributed by atoms with E-state index in [0.29, 0.717) is 11.4 Å². The first kappa shape index (κ1) is 16.3. The molecular formula is C16H16BrClFNO. The van der Waals surface area contributed by atoms with Crippen LogP contribution in [0.15, 0.2) is 40.9 Å². The second kappa shape index (κ2) is 7.25. The molecule has 0 saturated heterocycles. The van der Waals surface area contributed by atoms with Crippen molar-refractivity contribution in [3.8, 4) is 5.75 Å². The van der Waals surface area contributed by atoms with Crippen LogP contribution in [0.2, 0.25) is 5.02 Å². The molecule has 112 valence electrons. The zero-order chi connectivity index (χ0) is 15.4. The Balaban J connectivity index is 2.34. The van der Waals surface area contributed by atoms with Crippen molar-refractivity contribution in [2.45, 2.75) is 12.5 Å². The highest BCUT2D eigenvalue weighted by molar-refractivity contribution is 9.10. The Hall–Kier alpha value is -1.10. The smallest absolute Gasteiger partial charge is 0.125 e. The summed E-state index contributed by atoms with van der Waals surface area (Å²) in [6.07, 6.45) is 0.632. The molecule has 1 N–H and O–H groups in total. The molecule has 21 heavy (non-hydrogen) atoms. The fourth-order valence-electron chi connectivity index (χ4n) is 2.26. The third-order valence-corrected chi connectivity index (χ3v) is 4.36. The normalized spacial score (nSPS) is 12.2. The number of methoxy groups -OCH3 is 1. The number of rotatable bonds is 5. The van der Waals surface area contributed by atoms with Gasteiger partial charge in [0.2, 0.25) is 0 Å². The van der Waals surface area contributed by atoms with Gasteiger partial charge in [-0.25, -0.2) is 4.39 Å². The van der Waals surface area contributed by atoms with Crippen molar-refractivity contribution < 1.29 is 9.13 Å². The van der Waals surface area contributed by atoms with Crippen molar-refractivity contribution in [2.24, 2.45) is 0 Å². The van der Waals surface area contributed by atoms with E-state index in [-0.39, 0.29) is 11.9 Å². The summed E-state index contributed by atoms with van der Waals surface area (Å²) in [6.45, 7) is 0. The van der Waals surface area contributed by atoms with Crippen molar-refractivity contribution in [1.82, 2.24) is 5.32 Å². The van der Waals surface area contributed by atoms with Crippen LogP contribution in [-0.4, -0.2) is 14.2 Å². The first-order chi connectivity index (χ1) is 10.0. The largest absolute Gasteiger partial charge is 0.496 e. The molecule has 0 bridgehead atoms. The van der Waals surface area contributed by atoms with Gasteiger partial charge in [0.1, 0.15) is 11.6 Å². The summed E-state index contributed by atoms with van der Waals surface area (Å²) in [4.78, 5) is 0. The predicted octanol–water partition coefficient (Wildman–Crippen LogP) is 4.75. The van der Waals surface area contributed by atoms with Crippen LogP contribution in [0.5, 0.6) is 5.75 Å². The minimum Gasteiger partial charge on any atom is -0.496 e. The van der Waals surface area contributed by atoms with E-state index in [1.54, 1.807) is 19.2 Å². The predicted molar refractivity (Wildman–Crippen MR) is 87.6 cm³/mol. The van der Waals surface area contributed by atoms with Gasteiger partial charge >= 0.3 is 0 Å². The molecule has 2 aromatic carbocycles. The van der Waals surface area contributed by atoms with Crippen LogP contribution in [0, 0.1) is 5.82 Å². The first-order valence-electron chi connectivity index (χ1n) is 6.49. The third-order valence-electron chi connectivity index (χ3n) is 3.35. The molecule has 0 aliphatic rings. The van der Waals surface area contributed by atoms with E-state index in [4.69, 9.17) is 16.3 Å². The van der Waals surface area contributed by atoms with Gasteiger partial charge in [0.15, 0.2) is 0 Å². The van der Waals surface area contributed by atoms with E-state index in [1.165, 1.54) is 12.1 Å². The number of hydrogen-bond acceptors (Lipinski definition) is 2. The monoisotopic (exact) mass is 371 g/mol. The van der Waals surface area contributed by atoms with Crippen LogP contribution in [0.1, 0.15) is 17.2 Å². The van der Waals surface area contributed by atoms with E-state index in [9.17, 15) is 4.39 Å². The minimum absolute atomic E-state index is 0.00434. The quantitative estimate of drug-likeness (QED) is 0.817. The fourth-order valence-corrected chi connectivity index (χ4v) is 2.83. The van der Waals surface area contributed by atoms with Crippen LogP contribution in [0.4, 0.5) is 4.39 Å². The summed E-state index contributed by atoms with van der Waals surface area (Å²) in [5.74, 6) is 0.473. The van der Waals surface area contributed by atoms with Crippen LogP contribution < -0.4 is 10.1 Å². The lowest BCUT2D eigenvalue weighted by Gasteiger charge is -2.20. The van der Waals surface area contributed by atoms with E-state index in [1.807, 2.05) is 19.2 Å². The molecule has 0 aromatic heterocycles. The molecule has 0 spiro atoms. The average Bonchev–Trinajstić information content (AvgIpc) is 2.48. The molecule has 0 aliphatic heterocycles. The zero-order valence-corrected chi connectivity index (χ0v) is 14.1. The molecule has 0 radical (unpaired) electrons. The number of nitrogens with one attached hydrogen (secondary N) is 1. The van der Waals surface area contributed by atoms with Crippen molar-refractivity contribution in [3.63, 3.8) is 0 Å². The summed E-state index contributed by atoms with van der Waals surface area (Å²) in [5, 5.41) is 3.86. The van der Waals surface area contributed by atoms with Gasteiger partial charge in [0, 0.05) is 21.1 Å². The third kappa shape index (κ3) is 3.96. The van der Waals surface area contributed by atoms with Gasteiger partial charge in [0.05, 0.1) is 7.11 Å². The molecule has 1 unspecified atom stereocenters. The molecule has 5 heteroatoms. The Morgan fingerprint density at radius 2 is 2.05 bits per heavy atom. The molecule has 0 aliphatic carbocycles. The summed E-state index contributed by atoms with van der Waals surface area (Å²) < 4.78 is 19.7. The number of hydrogen-bond donors (Lipinski definition) is 1. The highest BCUT2D eigenvalue weighted by Gasteiger charge is 2.17. The van der Waals surface area contributed by atoms with Gasteiger partial charge in [-0.3, -0.25) is 0 Å². The van der Waals surface area contributed by atoms with Gasteiger partial charge in [-0.15, -0.1) is 0 Å². The molecule has 0 heterocycles. The second-order valence-electron chi connectivity index (χ2n) is 4.67. The summed E-state index contributed by atoms with van der Waals surface area (Å²) >= 11 is 9.45. The van der Waals surface area contributed by atoms with E-state index in [2.05, 4.69) is 21.2 Å². The van der Waals surface area contributed by atoms with Crippen LogP contribution >= 0.6 is 27.5 Å². The van der Waals surface area contributed by atoms with Crippen molar-refractivity contribution in [2.75, 3.05) is 14.2 Å². The summed E-state index contributed by atoms with van der Waals surface area (Å²) in [6, 6.07) is 10.2. The lowest BCUT2D eigenvalue weighted by atomic mass is 9.98. The van der Waals surface area contributed by atoms with E-state index < -0.39 is 0 Å². The maximum atomic E-state index is 13.4. The number of benzene rings is 2. The Morgan fingerprint density at radius 1 is 1.29 bits per heavy atom. The Bertz CT molecular complexity index is 636. The van der Waals surface area contributed by atoms with Crippen LogP contribution in [-0.2, 0) is 6.42 Å². The summed E-state index contributed by atoms with van der Waals surface area (Å²) in [7, 11) is 3.48. The Kier molecular flexibility index (Phi) is 5.62. The SMILES string of the molecule is CNC(Cc1cc(F)ccc1Br)c1ccc(Cl)cc1OC. The van der Waals surface area contributed by atoms with E-state index >= 15 is 0 Å². The Labute approximate surface area is 137 Å². The van der Waals surface area contributed by atoms with Gasteiger partial charge in [-0.05, 0) is 49.4 Å². The van der Waals surface area contributed by atoms with Gasteiger partial charge in [-0.1, -0.05) is 33.6 Å². The standard InChI is InChI=1S/C16H16BrClFNO/c1-20-15(8-10-7-12(19)4-6-14(10)17)13-5-3-11(18)9-16(13)21-2/h3-7,9,15,20H,8H2,1-2H3. The molecule has 0 fully saturated rings. The van der Waals surface area contributed by atoms with Gasteiger partial charge < -0.3 is 10.1 Å². The van der Waals surface area contributed by atoms with Crippen molar-refractivity contribution in [3.05, 3.63) is 62.8 Å². The molecule has 1 atom stereocenters. The zero-order valence-electron chi connectivity index (χ0n) is 11.8. The van der Waals surface area contributed by atoms with Crippen LogP contribution in [0.25, 0.3) is 0 Å². The molecular weight excluding hydrogens is 357 g/mol. The molecule has 0 amide bonds. The lowest BCUT2D eigenvalue weighted by Crippen LogP contribution is -2.20. The maximum absolute atomic E-state index is 13.4.